The van der Waals surface area contributed by atoms with Crippen LogP contribution in [-0.2, 0) is 19.6 Å². The number of amides is 2. The Hall–Kier alpha value is -3.65. The van der Waals surface area contributed by atoms with Crippen molar-refractivity contribution in [1.82, 2.24) is 4.31 Å². The number of hydrogen-bond acceptors (Lipinski definition) is 9. The summed E-state index contributed by atoms with van der Waals surface area (Å²) in [5.41, 5.74) is 0.0685. The molecule has 14 heteroatoms. The van der Waals surface area contributed by atoms with E-state index in [0.29, 0.717) is 18.0 Å². The van der Waals surface area contributed by atoms with E-state index in [2.05, 4.69) is 10.6 Å². The van der Waals surface area contributed by atoms with Crippen LogP contribution < -0.4 is 20.1 Å². The molecule has 4 rings (SSSR count). The molecule has 0 radical (unpaired) electrons. The zero-order valence-electron chi connectivity index (χ0n) is 22.3. The highest BCUT2D eigenvalue weighted by atomic mass is 35.5. The molecular weight excluding hydrogens is 594 g/mol. The molecule has 1 aliphatic rings. The summed E-state index contributed by atoms with van der Waals surface area (Å²) in [7, 11) is -0.972. The fourth-order valence-corrected chi connectivity index (χ4v) is 6.48. The minimum absolute atomic E-state index is 0.00690. The lowest BCUT2D eigenvalue weighted by atomic mass is 10.1. The predicted octanol–water partition coefficient (Wildman–Crippen LogP) is 4.64. The molecule has 3 aromatic rings. The summed E-state index contributed by atoms with van der Waals surface area (Å²) in [6.45, 7) is 0.133. The average Bonchev–Trinajstić information content (AvgIpc) is 3.52. The number of sulfonamides is 1. The van der Waals surface area contributed by atoms with Gasteiger partial charge in [-0.15, -0.1) is 11.3 Å². The number of methoxy groups -OCH3 is 2. The maximum absolute atomic E-state index is 13.0. The Morgan fingerprint density at radius 2 is 1.66 bits per heavy atom. The Morgan fingerprint density at radius 3 is 2.32 bits per heavy atom. The van der Waals surface area contributed by atoms with E-state index in [1.165, 1.54) is 60.2 Å². The molecule has 11 nitrogen and oxygen atoms in total. The zero-order valence-corrected chi connectivity index (χ0v) is 24.7. The Bertz CT molecular complexity index is 1540. The second-order valence-corrected chi connectivity index (χ2v) is 12.2. The van der Waals surface area contributed by atoms with Gasteiger partial charge in [0, 0.05) is 25.2 Å². The van der Waals surface area contributed by atoms with Crippen molar-refractivity contribution in [2.45, 2.75) is 24.2 Å². The molecule has 0 aliphatic carbocycles. The van der Waals surface area contributed by atoms with Crippen LogP contribution in [0.4, 0.5) is 11.4 Å². The van der Waals surface area contributed by atoms with Crippen LogP contribution in [-0.4, -0.2) is 64.4 Å². The number of carbonyl (C=O) groups excluding carboxylic acids is 3. The minimum Gasteiger partial charge on any atom is -0.493 e. The van der Waals surface area contributed by atoms with Gasteiger partial charge in [-0.25, -0.2) is 13.2 Å². The first kappa shape index (κ1) is 30.3. The van der Waals surface area contributed by atoms with E-state index in [1.807, 2.05) is 0 Å². The summed E-state index contributed by atoms with van der Waals surface area (Å²) in [4.78, 5) is 38.8. The number of carbonyl (C=O) groups is 3. The molecular formula is C27H28ClN3O8S2. The molecule has 1 fully saturated rings. The first-order chi connectivity index (χ1) is 19.6. The first-order valence-electron chi connectivity index (χ1n) is 12.5. The van der Waals surface area contributed by atoms with Gasteiger partial charge in [0.25, 0.3) is 11.8 Å². The largest absolute Gasteiger partial charge is 0.493 e. The SMILES string of the molecule is COc1cc(NC(=O)c2cccs2)c(C(=O)OCC(=O)Nc2cc(S(=O)(=O)N3CCCCC3)ccc2Cl)cc1OC. The smallest absolute Gasteiger partial charge is 0.340 e. The van der Waals surface area contributed by atoms with Gasteiger partial charge in [0.2, 0.25) is 10.0 Å². The summed E-state index contributed by atoms with van der Waals surface area (Å²) in [6.07, 6.45) is 2.53. The molecule has 2 heterocycles. The number of halogens is 1. The monoisotopic (exact) mass is 621 g/mol. The van der Waals surface area contributed by atoms with Gasteiger partial charge in [-0.1, -0.05) is 24.1 Å². The highest BCUT2D eigenvalue weighted by molar-refractivity contribution is 7.89. The van der Waals surface area contributed by atoms with Gasteiger partial charge >= 0.3 is 5.97 Å². The minimum atomic E-state index is -3.76. The fourth-order valence-electron chi connectivity index (χ4n) is 4.15. The lowest BCUT2D eigenvalue weighted by Crippen LogP contribution is -2.35. The van der Waals surface area contributed by atoms with Crippen molar-refractivity contribution >= 4 is 62.1 Å². The van der Waals surface area contributed by atoms with Crippen molar-refractivity contribution in [3.05, 3.63) is 63.3 Å². The Morgan fingerprint density at radius 1 is 0.951 bits per heavy atom. The molecule has 2 amide bonds. The second kappa shape index (κ2) is 13.3. The first-order valence-corrected chi connectivity index (χ1v) is 15.2. The lowest BCUT2D eigenvalue weighted by Gasteiger charge is -2.26. The lowest BCUT2D eigenvalue weighted by molar-refractivity contribution is -0.119. The van der Waals surface area contributed by atoms with E-state index in [1.54, 1.807) is 17.5 Å². The topological polar surface area (TPSA) is 140 Å². The van der Waals surface area contributed by atoms with Crippen LogP contribution in [0.15, 0.2) is 52.7 Å². The van der Waals surface area contributed by atoms with Crippen LogP contribution in [0.5, 0.6) is 11.5 Å². The molecule has 0 unspecified atom stereocenters. The van der Waals surface area contributed by atoms with Gasteiger partial charge in [0.1, 0.15) is 0 Å². The third-order valence-electron chi connectivity index (χ3n) is 6.24. The van der Waals surface area contributed by atoms with E-state index < -0.39 is 34.4 Å². The fraction of sp³-hybridized carbons (Fsp3) is 0.296. The molecule has 0 atom stereocenters. The number of anilines is 2. The van der Waals surface area contributed by atoms with Crippen LogP contribution >= 0.6 is 22.9 Å². The quantitative estimate of drug-likeness (QED) is 0.312. The van der Waals surface area contributed by atoms with E-state index >= 15 is 0 Å². The molecule has 0 bridgehead atoms. The number of nitrogens with zero attached hydrogens (tertiary/aromatic N) is 1. The zero-order chi connectivity index (χ0) is 29.6. The van der Waals surface area contributed by atoms with Gasteiger partial charge in [-0.2, -0.15) is 4.31 Å². The van der Waals surface area contributed by atoms with Crippen molar-refractivity contribution in [1.29, 1.82) is 0 Å². The summed E-state index contributed by atoms with van der Waals surface area (Å²) in [6, 6.07) is 10.1. The van der Waals surface area contributed by atoms with Crippen molar-refractivity contribution in [3.8, 4) is 11.5 Å². The molecule has 1 aliphatic heterocycles. The molecule has 41 heavy (non-hydrogen) atoms. The maximum atomic E-state index is 13.0. The third-order valence-corrected chi connectivity index (χ3v) is 9.33. The molecule has 218 valence electrons. The van der Waals surface area contributed by atoms with Crippen molar-refractivity contribution < 1.29 is 37.0 Å². The van der Waals surface area contributed by atoms with Gasteiger partial charge < -0.3 is 24.8 Å². The highest BCUT2D eigenvalue weighted by Crippen LogP contribution is 2.34. The van der Waals surface area contributed by atoms with E-state index in [9.17, 15) is 22.8 Å². The van der Waals surface area contributed by atoms with Gasteiger partial charge in [-0.3, -0.25) is 9.59 Å². The molecule has 1 aromatic heterocycles. The molecule has 2 aromatic carbocycles. The Balaban J connectivity index is 1.48. The number of rotatable bonds is 10. The van der Waals surface area contributed by atoms with Crippen molar-refractivity contribution in [3.63, 3.8) is 0 Å². The number of hydrogen-bond donors (Lipinski definition) is 2. The summed E-state index contributed by atoms with van der Waals surface area (Å²) < 4.78 is 43.3. The number of benzene rings is 2. The van der Waals surface area contributed by atoms with Crippen LogP contribution in [0.1, 0.15) is 39.3 Å². The van der Waals surface area contributed by atoms with E-state index in [-0.39, 0.29) is 38.4 Å². The summed E-state index contributed by atoms with van der Waals surface area (Å²) >= 11 is 7.43. The summed E-state index contributed by atoms with van der Waals surface area (Å²) in [5.74, 6) is -1.66. The number of ether oxygens (including phenoxy) is 3. The van der Waals surface area contributed by atoms with Gasteiger partial charge in [0.05, 0.1) is 46.0 Å². The number of esters is 1. The normalized spacial score (nSPS) is 13.7. The van der Waals surface area contributed by atoms with Gasteiger partial charge in [-0.05, 0) is 42.5 Å². The second-order valence-electron chi connectivity index (χ2n) is 8.91. The Labute approximate surface area is 246 Å². The van der Waals surface area contributed by atoms with Gasteiger partial charge in [0.15, 0.2) is 18.1 Å². The van der Waals surface area contributed by atoms with Crippen molar-refractivity contribution in [2.75, 3.05) is 44.5 Å². The molecule has 0 spiro atoms. The number of nitrogens with one attached hydrogen (secondary N) is 2. The van der Waals surface area contributed by atoms with Crippen LogP contribution in [0, 0.1) is 0 Å². The molecule has 0 saturated carbocycles. The van der Waals surface area contributed by atoms with Crippen LogP contribution in [0.3, 0.4) is 0 Å². The average molecular weight is 622 g/mol. The van der Waals surface area contributed by atoms with E-state index in [0.717, 1.165) is 19.3 Å². The number of piperidine rings is 1. The standard InChI is InChI=1S/C27H28ClN3O8S2/c1-37-22-14-18(20(15-23(22)38-2)30-26(33)24-7-6-12-40-24)27(34)39-16-25(32)29-21-13-17(8-9-19(21)28)41(35,36)31-10-4-3-5-11-31/h6-9,12-15H,3-5,10-11,16H2,1-2H3,(H,29,32)(H,30,33). The summed E-state index contributed by atoms with van der Waals surface area (Å²) in [5, 5.41) is 7.00. The molecule has 1 saturated heterocycles. The van der Waals surface area contributed by atoms with Crippen LogP contribution in [0.2, 0.25) is 5.02 Å². The third kappa shape index (κ3) is 7.17. The van der Waals surface area contributed by atoms with Crippen LogP contribution in [0.25, 0.3) is 0 Å². The predicted molar refractivity (Wildman–Crippen MR) is 155 cm³/mol. The highest BCUT2D eigenvalue weighted by Gasteiger charge is 2.27. The number of thiophene rings is 1. The maximum Gasteiger partial charge on any atom is 0.340 e. The molecule has 2 N–H and O–H groups in total. The Kier molecular flexibility index (Phi) is 9.86. The van der Waals surface area contributed by atoms with Crippen molar-refractivity contribution in [2.24, 2.45) is 0 Å². The van der Waals surface area contributed by atoms with E-state index in [4.69, 9.17) is 25.8 Å².